The van der Waals surface area contributed by atoms with Crippen molar-refractivity contribution in [2.75, 3.05) is 39.0 Å². The second-order valence-electron chi connectivity index (χ2n) is 3.58. The van der Waals surface area contributed by atoms with E-state index in [1.54, 1.807) is 4.90 Å². The van der Waals surface area contributed by atoms with Crippen LogP contribution in [0.3, 0.4) is 0 Å². The predicted molar refractivity (Wildman–Crippen MR) is 63.9 cm³/mol. The van der Waals surface area contributed by atoms with Gasteiger partial charge in [0.25, 0.3) is 0 Å². The Labute approximate surface area is 102 Å². The van der Waals surface area contributed by atoms with Crippen LogP contribution in [0.2, 0.25) is 0 Å². The zero-order valence-corrected chi connectivity index (χ0v) is 10.9. The quantitative estimate of drug-likeness (QED) is 0.703. The highest BCUT2D eigenvalue weighted by Gasteiger charge is 2.25. The Hall–Kier alpha value is -0.370. The van der Waals surface area contributed by atoms with E-state index in [9.17, 15) is 13.2 Å². The largest absolute Gasteiger partial charge is 0.340 e. The Kier molecular flexibility index (Phi) is 6.24. The van der Waals surface area contributed by atoms with Crippen LogP contribution in [0.25, 0.3) is 0 Å². The van der Waals surface area contributed by atoms with E-state index in [2.05, 4.69) is 0 Å². The van der Waals surface area contributed by atoms with Crippen LogP contribution in [-0.4, -0.2) is 62.5 Å². The molecule has 6 nitrogen and oxygen atoms in total. The SMILES string of the molecule is CS(=O)(=O)N1CCN(C(=O)CCN)CC1.Cl. The minimum atomic E-state index is -3.12. The third kappa shape index (κ3) is 4.25. The Balaban J connectivity index is 0.00000225. The first kappa shape index (κ1) is 15.6. The first-order chi connectivity index (χ1) is 6.95. The van der Waals surface area contributed by atoms with Crippen LogP contribution in [0.15, 0.2) is 0 Å². The summed E-state index contributed by atoms with van der Waals surface area (Å²) in [6.07, 6.45) is 1.52. The van der Waals surface area contributed by atoms with E-state index in [0.29, 0.717) is 39.1 Å². The van der Waals surface area contributed by atoms with Crippen molar-refractivity contribution < 1.29 is 13.2 Å². The zero-order chi connectivity index (χ0) is 11.5. The molecular weight excluding hydrogens is 254 g/mol. The predicted octanol–water partition coefficient (Wildman–Crippen LogP) is -1.14. The van der Waals surface area contributed by atoms with Crippen molar-refractivity contribution in [3.8, 4) is 0 Å². The summed E-state index contributed by atoms with van der Waals surface area (Å²) in [6, 6.07) is 0. The highest BCUT2D eigenvalue weighted by molar-refractivity contribution is 7.88. The number of halogens is 1. The van der Waals surface area contributed by atoms with Crippen LogP contribution in [0, 0.1) is 0 Å². The molecule has 96 valence electrons. The first-order valence-corrected chi connectivity index (χ1v) is 6.73. The summed E-state index contributed by atoms with van der Waals surface area (Å²) in [5.41, 5.74) is 5.28. The molecule has 8 heteroatoms. The van der Waals surface area contributed by atoms with Crippen LogP contribution in [-0.2, 0) is 14.8 Å². The summed E-state index contributed by atoms with van der Waals surface area (Å²) in [4.78, 5) is 13.1. The lowest BCUT2D eigenvalue weighted by Gasteiger charge is -2.33. The molecule has 0 aromatic carbocycles. The van der Waals surface area contributed by atoms with Crippen molar-refractivity contribution in [3.63, 3.8) is 0 Å². The Bertz CT molecular complexity index is 325. The molecule has 0 bridgehead atoms. The summed E-state index contributed by atoms with van der Waals surface area (Å²) in [7, 11) is -3.12. The molecule has 0 saturated carbocycles. The van der Waals surface area contributed by atoms with Gasteiger partial charge in [-0.15, -0.1) is 12.4 Å². The monoisotopic (exact) mass is 271 g/mol. The molecule has 0 spiro atoms. The lowest BCUT2D eigenvalue weighted by molar-refractivity contribution is -0.132. The molecule has 0 aliphatic carbocycles. The third-order valence-corrected chi connectivity index (χ3v) is 3.72. The summed E-state index contributed by atoms with van der Waals surface area (Å²) in [6.45, 7) is 2.03. The number of piperazine rings is 1. The fraction of sp³-hybridized carbons (Fsp3) is 0.875. The van der Waals surface area contributed by atoms with Crippen molar-refractivity contribution in [2.45, 2.75) is 6.42 Å². The Morgan fingerprint density at radius 2 is 1.75 bits per heavy atom. The maximum atomic E-state index is 11.4. The summed E-state index contributed by atoms with van der Waals surface area (Å²) in [5, 5.41) is 0. The molecular formula is C8H18ClN3O3S. The van der Waals surface area contributed by atoms with Gasteiger partial charge < -0.3 is 10.6 Å². The van der Waals surface area contributed by atoms with Crippen LogP contribution < -0.4 is 5.73 Å². The van der Waals surface area contributed by atoms with E-state index in [1.165, 1.54) is 10.6 Å². The topological polar surface area (TPSA) is 83.7 Å². The van der Waals surface area contributed by atoms with Gasteiger partial charge in [0.05, 0.1) is 6.26 Å². The number of nitrogens with two attached hydrogens (primary N) is 1. The summed E-state index contributed by atoms with van der Waals surface area (Å²) in [5.74, 6) is 0.00523. The third-order valence-electron chi connectivity index (χ3n) is 2.42. The number of carbonyl (C=O) groups is 1. The maximum absolute atomic E-state index is 11.4. The van der Waals surface area contributed by atoms with Gasteiger partial charge in [-0.1, -0.05) is 0 Å². The molecule has 0 unspecified atom stereocenters. The average molecular weight is 272 g/mol. The van der Waals surface area contributed by atoms with Crippen LogP contribution in [0.4, 0.5) is 0 Å². The maximum Gasteiger partial charge on any atom is 0.223 e. The normalized spacial score (nSPS) is 18.0. The molecule has 1 aliphatic heterocycles. The van der Waals surface area contributed by atoms with Gasteiger partial charge in [0, 0.05) is 39.1 Å². The number of amides is 1. The molecule has 16 heavy (non-hydrogen) atoms. The van der Waals surface area contributed by atoms with Gasteiger partial charge in [-0.25, -0.2) is 8.42 Å². The van der Waals surface area contributed by atoms with Crippen molar-refractivity contribution in [1.29, 1.82) is 0 Å². The number of sulfonamides is 1. The zero-order valence-electron chi connectivity index (χ0n) is 9.26. The van der Waals surface area contributed by atoms with Crippen molar-refractivity contribution in [3.05, 3.63) is 0 Å². The lowest BCUT2D eigenvalue weighted by atomic mass is 10.3. The standard InChI is InChI=1S/C8H17N3O3S.ClH/c1-15(13,14)11-6-4-10(5-7-11)8(12)2-3-9;/h2-7,9H2,1H3;1H. The van der Waals surface area contributed by atoms with Crippen molar-refractivity contribution >= 4 is 28.3 Å². The van der Waals surface area contributed by atoms with E-state index in [4.69, 9.17) is 5.73 Å². The van der Waals surface area contributed by atoms with Gasteiger partial charge in [0.1, 0.15) is 0 Å². The van der Waals surface area contributed by atoms with Gasteiger partial charge in [0.15, 0.2) is 0 Å². The molecule has 1 aliphatic rings. The second-order valence-corrected chi connectivity index (χ2v) is 5.56. The van der Waals surface area contributed by atoms with Crippen molar-refractivity contribution in [1.82, 2.24) is 9.21 Å². The minimum absolute atomic E-state index is 0. The van der Waals surface area contributed by atoms with Gasteiger partial charge in [-0.05, 0) is 0 Å². The van der Waals surface area contributed by atoms with Gasteiger partial charge in [0.2, 0.25) is 15.9 Å². The van der Waals surface area contributed by atoms with Crippen LogP contribution in [0.5, 0.6) is 0 Å². The van der Waals surface area contributed by atoms with E-state index in [1.807, 2.05) is 0 Å². The molecule has 1 rings (SSSR count). The number of rotatable bonds is 3. The average Bonchev–Trinajstić information content (AvgIpc) is 2.17. The fourth-order valence-electron chi connectivity index (χ4n) is 1.55. The summed E-state index contributed by atoms with van der Waals surface area (Å²) < 4.78 is 23.8. The minimum Gasteiger partial charge on any atom is -0.340 e. The Morgan fingerprint density at radius 3 is 2.12 bits per heavy atom. The molecule has 1 fully saturated rings. The molecule has 0 radical (unpaired) electrons. The van der Waals surface area contributed by atoms with Gasteiger partial charge in [-0.3, -0.25) is 4.79 Å². The fourth-order valence-corrected chi connectivity index (χ4v) is 2.38. The van der Waals surface area contributed by atoms with Gasteiger partial charge >= 0.3 is 0 Å². The van der Waals surface area contributed by atoms with E-state index in [0.717, 1.165) is 0 Å². The molecule has 0 aromatic heterocycles. The molecule has 1 heterocycles. The molecule has 1 saturated heterocycles. The second kappa shape index (κ2) is 6.39. The van der Waals surface area contributed by atoms with Crippen molar-refractivity contribution in [2.24, 2.45) is 5.73 Å². The molecule has 0 atom stereocenters. The molecule has 0 aromatic rings. The Morgan fingerprint density at radius 1 is 1.25 bits per heavy atom. The van der Waals surface area contributed by atoms with E-state index < -0.39 is 10.0 Å². The highest BCUT2D eigenvalue weighted by atomic mass is 35.5. The summed E-state index contributed by atoms with van der Waals surface area (Å²) >= 11 is 0. The lowest BCUT2D eigenvalue weighted by Crippen LogP contribution is -2.50. The van der Waals surface area contributed by atoms with Crippen LogP contribution in [0.1, 0.15) is 6.42 Å². The number of carbonyl (C=O) groups excluding carboxylic acids is 1. The number of nitrogens with zero attached hydrogens (tertiary/aromatic N) is 2. The first-order valence-electron chi connectivity index (χ1n) is 4.88. The number of hydrogen-bond acceptors (Lipinski definition) is 4. The molecule has 2 N–H and O–H groups in total. The van der Waals surface area contributed by atoms with E-state index >= 15 is 0 Å². The van der Waals surface area contributed by atoms with Gasteiger partial charge in [-0.2, -0.15) is 4.31 Å². The number of hydrogen-bond donors (Lipinski definition) is 1. The van der Waals surface area contributed by atoms with E-state index in [-0.39, 0.29) is 18.3 Å². The smallest absolute Gasteiger partial charge is 0.223 e. The highest BCUT2D eigenvalue weighted by Crippen LogP contribution is 2.06. The molecule has 1 amide bonds. The van der Waals surface area contributed by atoms with Crippen LogP contribution >= 0.6 is 12.4 Å².